The summed E-state index contributed by atoms with van der Waals surface area (Å²) in [6, 6.07) is 11.1. The zero-order valence-corrected chi connectivity index (χ0v) is 14.1. The first-order valence-electron chi connectivity index (χ1n) is 6.22. The summed E-state index contributed by atoms with van der Waals surface area (Å²) in [4.78, 5) is 12.1. The summed E-state index contributed by atoms with van der Waals surface area (Å²) in [5.41, 5.74) is 1.26. The molecule has 0 aliphatic carbocycles. The largest absolute Gasteiger partial charge is 0.435 e. The molecule has 2 aromatic rings. The Morgan fingerprint density at radius 3 is 2.55 bits per heavy atom. The summed E-state index contributed by atoms with van der Waals surface area (Å²) in [5.74, 6) is -0.172. The van der Waals surface area contributed by atoms with Gasteiger partial charge in [-0.25, -0.2) is 0 Å². The molecule has 0 aromatic heterocycles. The van der Waals surface area contributed by atoms with Crippen LogP contribution < -0.4 is 10.1 Å². The zero-order valence-electron chi connectivity index (χ0n) is 11.2. The van der Waals surface area contributed by atoms with E-state index in [-0.39, 0.29) is 18.2 Å². The molecule has 1 amide bonds. The second-order valence-electron chi connectivity index (χ2n) is 4.33. The average Bonchev–Trinajstić information content (AvgIpc) is 2.48. The number of carbonyl (C=O) groups excluding carboxylic acids is 1. The monoisotopic (exact) mass is 437 g/mol. The molecule has 0 saturated heterocycles. The number of rotatable bonds is 5. The summed E-state index contributed by atoms with van der Waals surface area (Å²) in [5, 5.41) is 3.24. The lowest BCUT2D eigenvalue weighted by Gasteiger charge is -2.09. The van der Waals surface area contributed by atoms with Gasteiger partial charge in [-0.3, -0.25) is 4.79 Å². The van der Waals surface area contributed by atoms with Crippen LogP contribution in [-0.2, 0) is 6.54 Å². The van der Waals surface area contributed by atoms with Gasteiger partial charge in [0.2, 0.25) is 0 Å². The van der Waals surface area contributed by atoms with Gasteiger partial charge in [0.05, 0.1) is 5.56 Å². The first-order valence-corrected chi connectivity index (χ1v) is 7.68. The highest BCUT2D eigenvalue weighted by atomic mass is 127. The lowest BCUT2D eigenvalue weighted by molar-refractivity contribution is -0.0498. The van der Waals surface area contributed by atoms with Gasteiger partial charge < -0.3 is 10.1 Å². The van der Waals surface area contributed by atoms with Gasteiger partial charge in [-0.05, 0) is 58.5 Å². The van der Waals surface area contributed by atoms with Crippen LogP contribution in [0.25, 0.3) is 0 Å². The second-order valence-corrected chi connectivity index (χ2v) is 5.93. The number of hydrogen-bond acceptors (Lipinski definition) is 2. The number of nitrogens with one attached hydrogen (secondary N) is 1. The maximum Gasteiger partial charge on any atom is 0.387 e. The van der Waals surface area contributed by atoms with Crippen LogP contribution in [-0.4, -0.2) is 12.5 Å². The van der Waals surface area contributed by atoms with Crippen LogP contribution in [0.4, 0.5) is 8.78 Å². The van der Waals surface area contributed by atoms with Crippen molar-refractivity contribution < 1.29 is 18.3 Å². The summed E-state index contributed by atoms with van der Waals surface area (Å²) in [6.07, 6.45) is 0. The third-order valence-electron chi connectivity index (χ3n) is 2.77. The molecule has 0 aliphatic rings. The Hall–Kier alpha value is -1.41. The third-order valence-corrected chi connectivity index (χ3v) is 3.95. The molecular formula is C15H11ClF2INO2. The molecule has 0 unspecified atom stereocenters. The average molecular weight is 438 g/mol. The van der Waals surface area contributed by atoms with E-state index in [4.69, 9.17) is 11.6 Å². The molecule has 22 heavy (non-hydrogen) atoms. The van der Waals surface area contributed by atoms with Gasteiger partial charge in [0.15, 0.2) is 0 Å². The molecule has 1 N–H and O–H groups in total. The Kier molecular flexibility index (Phi) is 5.96. The Bertz CT molecular complexity index is 665. The van der Waals surface area contributed by atoms with Crippen LogP contribution >= 0.6 is 34.2 Å². The van der Waals surface area contributed by atoms with E-state index in [0.29, 0.717) is 10.6 Å². The highest BCUT2D eigenvalue weighted by Crippen LogP contribution is 2.18. The fourth-order valence-corrected chi connectivity index (χ4v) is 2.49. The van der Waals surface area contributed by atoms with Crippen molar-refractivity contribution in [2.75, 3.05) is 0 Å². The van der Waals surface area contributed by atoms with E-state index in [1.54, 1.807) is 30.3 Å². The lowest BCUT2D eigenvalue weighted by atomic mass is 10.2. The highest BCUT2D eigenvalue weighted by Gasteiger charge is 2.10. The third kappa shape index (κ3) is 4.81. The SMILES string of the molecule is O=C(NCc1ccc(OC(F)F)cc1)c1cc(Cl)ccc1I. The van der Waals surface area contributed by atoms with E-state index in [2.05, 4.69) is 32.6 Å². The normalized spacial score (nSPS) is 10.6. The molecule has 0 bridgehead atoms. The molecule has 0 fully saturated rings. The van der Waals surface area contributed by atoms with Crippen molar-refractivity contribution in [1.82, 2.24) is 5.32 Å². The summed E-state index contributed by atoms with van der Waals surface area (Å²) < 4.78 is 29.1. The van der Waals surface area contributed by atoms with Gasteiger partial charge in [-0.1, -0.05) is 23.7 Å². The maximum absolute atomic E-state index is 12.1. The number of alkyl halides is 2. The van der Waals surface area contributed by atoms with Crippen molar-refractivity contribution >= 4 is 40.1 Å². The van der Waals surface area contributed by atoms with Crippen molar-refractivity contribution in [2.24, 2.45) is 0 Å². The first kappa shape index (κ1) is 17.0. The number of benzene rings is 2. The summed E-state index contributed by atoms with van der Waals surface area (Å²) in [6.45, 7) is -2.58. The van der Waals surface area contributed by atoms with Crippen molar-refractivity contribution in [1.29, 1.82) is 0 Å². The number of carbonyl (C=O) groups is 1. The summed E-state index contributed by atoms with van der Waals surface area (Å²) >= 11 is 7.93. The van der Waals surface area contributed by atoms with Crippen LogP contribution in [0.3, 0.4) is 0 Å². The fourth-order valence-electron chi connectivity index (χ4n) is 1.74. The standard InChI is InChI=1S/C15H11ClF2INO2/c16-10-3-6-13(19)12(7-10)14(21)20-8-9-1-4-11(5-2-9)22-15(17)18/h1-7,15H,8H2,(H,20,21). The van der Waals surface area contributed by atoms with Crippen molar-refractivity contribution in [3.63, 3.8) is 0 Å². The predicted molar refractivity (Wildman–Crippen MR) is 88.4 cm³/mol. The minimum Gasteiger partial charge on any atom is -0.435 e. The Morgan fingerprint density at radius 1 is 1.23 bits per heavy atom. The topological polar surface area (TPSA) is 38.3 Å². The summed E-state index contributed by atoms with van der Waals surface area (Å²) in [7, 11) is 0. The number of amides is 1. The smallest absolute Gasteiger partial charge is 0.387 e. The van der Waals surface area contributed by atoms with E-state index in [1.807, 2.05) is 0 Å². The van der Waals surface area contributed by atoms with Gasteiger partial charge in [0.25, 0.3) is 5.91 Å². The quantitative estimate of drug-likeness (QED) is 0.701. The van der Waals surface area contributed by atoms with Crippen LogP contribution in [0, 0.1) is 3.57 Å². The first-order chi connectivity index (χ1) is 10.5. The predicted octanol–water partition coefficient (Wildman–Crippen LogP) is 4.48. The number of halogens is 4. The van der Waals surface area contributed by atoms with Crippen LogP contribution in [0.2, 0.25) is 5.02 Å². The van der Waals surface area contributed by atoms with E-state index >= 15 is 0 Å². The zero-order chi connectivity index (χ0) is 16.1. The highest BCUT2D eigenvalue weighted by molar-refractivity contribution is 14.1. The number of hydrogen-bond donors (Lipinski definition) is 1. The van der Waals surface area contributed by atoms with Gasteiger partial charge in [0.1, 0.15) is 5.75 Å². The Morgan fingerprint density at radius 2 is 1.91 bits per heavy atom. The van der Waals surface area contributed by atoms with E-state index in [1.165, 1.54) is 12.1 Å². The van der Waals surface area contributed by atoms with Crippen LogP contribution in [0.5, 0.6) is 5.75 Å². The van der Waals surface area contributed by atoms with E-state index in [0.717, 1.165) is 9.13 Å². The molecule has 0 radical (unpaired) electrons. The van der Waals surface area contributed by atoms with E-state index < -0.39 is 6.61 Å². The van der Waals surface area contributed by atoms with Gasteiger partial charge >= 0.3 is 6.61 Å². The molecule has 0 saturated carbocycles. The van der Waals surface area contributed by atoms with Crippen LogP contribution in [0.1, 0.15) is 15.9 Å². The molecule has 0 heterocycles. The molecule has 0 atom stereocenters. The fraction of sp³-hybridized carbons (Fsp3) is 0.133. The molecule has 0 spiro atoms. The van der Waals surface area contributed by atoms with E-state index in [9.17, 15) is 13.6 Å². The minimum atomic E-state index is -2.85. The molecule has 0 aliphatic heterocycles. The molecule has 2 rings (SSSR count). The molecule has 2 aromatic carbocycles. The molecule has 116 valence electrons. The van der Waals surface area contributed by atoms with Gasteiger partial charge in [-0.2, -0.15) is 8.78 Å². The molecular weight excluding hydrogens is 427 g/mol. The minimum absolute atomic E-state index is 0.0782. The second kappa shape index (κ2) is 7.73. The molecule has 7 heteroatoms. The Labute approximate surface area is 144 Å². The number of ether oxygens (including phenoxy) is 1. The van der Waals surface area contributed by atoms with Crippen molar-refractivity contribution in [3.05, 3.63) is 62.2 Å². The Balaban J connectivity index is 1.97. The van der Waals surface area contributed by atoms with Crippen molar-refractivity contribution in [3.8, 4) is 5.75 Å². The van der Waals surface area contributed by atoms with Gasteiger partial charge in [-0.15, -0.1) is 0 Å². The van der Waals surface area contributed by atoms with Crippen LogP contribution in [0.15, 0.2) is 42.5 Å². The lowest BCUT2D eigenvalue weighted by Crippen LogP contribution is -2.23. The van der Waals surface area contributed by atoms with Crippen molar-refractivity contribution in [2.45, 2.75) is 13.2 Å². The van der Waals surface area contributed by atoms with Gasteiger partial charge in [0, 0.05) is 15.1 Å². The molecule has 3 nitrogen and oxygen atoms in total. The maximum atomic E-state index is 12.1.